The van der Waals surface area contributed by atoms with Gasteiger partial charge in [-0.3, -0.25) is 19.2 Å². The Hall–Kier alpha value is -2.28. The lowest BCUT2D eigenvalue weighted by Gasteiger charge is -2.60. The Balaban J connectivity index is 1.77. The first-order valence-electron chi connectivity index (χ1n) is 11.9. The molecule has 0 amide bonds. The molecule has 8 unspecified atom stereocenters. The molecule has 4 rings (SSSR count). The van der Waals surface area contributed by atoms with E-state index < -0.39 is 46.9 Å². The molecule has 0 heterocycles. The number of aliphatic hydroxyl groups excluding tert-OH is 1. The molecular formula is C26H34O7. The van der Waals surface area contributed by atoms with Gasteiger partial charge in [-0.05, 0) is 49.7 Å². The molecule has 180 valence electrons. The molecule has 33 heavy (non-hydrogen) atoms. The van der Waals surface area contributed by atoms with Crippen molar-refractivity contribution in [2.75, 3.05) is 6.61 Å². The molecule has 1 N–H and O–H groups in total. The van der Waals surface area contributed by atoms with Gasteiger partial charge in [-0.15, -0.1) is 0 Å². The first-order valence-corrected chi connectivity index (χ1v) is 11.9. The summed E-state index contributed by atoms with van der Waals surface area (Å²) in [6, 6.07) is 0. The van der Waals surface area contributed by atoms with Crippen LogP contribution in [-0.2, 0) is 28.7 Å². The van der Waals surface area contributed by atoms with Gasteiger partial charge in [0.1, 0.15) is 0 Å². The van der Waals surface area contributed by atoms with Crippen molar-refractivity contribution in [2.45, 2.75) is 72.0 Å². The molecule has 0 aliphatic heterocycles. The third kappa shape index (κ3) is 3.34. The van der Waals surface area contributed by atoms with Crippen molar-refractivity contribution in [2.24, 2.45) is 34.5 Å². The molecule has 0 bridgehead atoms. The molecule has 0 aromatic rings. The lowest BCUT2D eigenvalue weighted by molar-refractivity contribution is -0.204. The van der Waals surface area contributed by atoms with E-state index >= 15 is 0 Å². The molecule has 3 saturated carbocycles. The van der Waals surface area contributed by atoms with Crippen molar-refractivity contribution in [1.82, 2.24) is 0 Å². The predicted octanol–water partition coefficient (Wildman–Crippen LogP) is 2.95. The van der Waals surface area contributed by atoms with Gasteiger partial charge >= 0.3 is 11.9 Å². The van der Waals surface area contributed by atoms with Gasteiger partial charge < -0.3 is 14.6 Å². The molecule has 3 fully saturated rings. The maximum Gasteiger partial charge on any atom is 0.303 e. The summed E-state index contributed by atoms with van der Waals surface area (Å²) in [4.78, 5) is 49.2. The molecule has 0 aromatic heterocycles. The molecule has 4 aliphatic carbocycles. The van der Waals surface area contributed by atoms with Gasteiger partial charge in [0.25, 0.3) is 0 Å². The van der Waals surface area contributed by atoms with Crippen LogP contribution in [-0.4, -0.2) is 46.9 Å². The number of fused-ring (bicyclic) bond motifs is 5. The van der Waals surface area contributed by atoms with E-state index in [2.05, 4.69) is 6.92 Å². The van der Waals surface area contributed by atoms with Crippen LogP contribution in [0, 0.1) is 34.5 Å². The van der Waals surface area contributed by atoms with Crippen LogP contribution < -0.4 is 0 Å². The van der Waals surface area contributed by atoms with Crippen LogP contribution in [0.25, 0.3) is 0 Å². The van der Waals surface area contributed by atoms with Crippen LogP contribution in [0.3, 0.4) is 0 Å². The lowest BCUT2D eigenvalue weighted by Crippen LogP contribution is -2.64. The van der Waals surface area contributed by atoms with E-state index in [0.29, 0.717) is 6.42 Å². The summed E-state index contributed by atoms with van der Waals surface area (Å²) in [5.41, 5.74) is -1.64. The second-order valence-corrected chi connectivity index (χ2v) is 10.9. The normalized spacial score (nSPS) is 43.6. The van der Waals surface area contributed by atoms with Gasteiger partial charge in [-0.25, -0.2) is 0 Å². The smallest absolute Gasteiger partial charge is 0.303 e. The van der Waals surface area contributed by atoms with Gasteiger partial charge in [0.15, 0.2) is 18.0 Å². The van der Waals surface area contributed by atoms with Crippen LogP contribution in [0.5, 0.6) is 0 Å². The maximum absolute atomic E-state index is 13.6. The van der Waals surface area contributed by atoms with Crippen molar-refractivity contribution in [3.63, 3.8) is 0 Å². The highest BCUT2D eigenvalue weighted by Gasteiger charge is 2.72. The Labute approximate surface area is 194 Å². The summed E-state index contributed by atoms with van der Waals surface area (Å²) in [6.45, 7) is 8.01. The van der Waals surface area contributed by atoms with E-state index in [-0.39, 0.29) is 35.9 Å². The second kappa shape index (κ2) is 7.90. The number of allylic oxidation sites excluding steroid dienone is 4. The Kier molecular flexibility index (Phi) is 5.71. The Morgan fingerprint density at radius 2 is 1.88 bits per heavy atom. The lowest BCUT2D eigenvalue weighted by atomic mass is 9.46. The zero-order valence-electron chi connectivity index (χ0n) is 20.1. The number of hydrogen-bond acceptors (Lipinski definition) is 7. The minimum absolute atomic E-state index is 0.0181. The number of carbonyl (C=O) groups is 4. The third-order valence-corrected chi connectivity index (χ3v) is 9.16. The van der Waals surface area contributed by atoms with Crippen molar-refractivity contribution in [1.29, 1.82) is 0 Å². The highest BCUT2D eigenvalue weighted by atomic mass is 16.6. The molecule has 7 heteroatoms. The van der Waals surface area contributed by atoms with E-state index in [1.54, 1.807) is 12.2 Å². The first-order chi connectivity index (χ1) is 15.4. The molecule has 0 aromatic carbocycles. The maximum atomic E-state index is 13.6. The number of carbonyl (C=O) groups excluding carboxylic acids is 4. The summed E-state index contributed by atoms with van der Waals surface area (Å²) in [5.74, 6) is -1.84. The predicted molar refractivity (Wildman–Crippen MR) is 119 cm³/mol. The summed E-state index contributed by atoms with van der Waals surface area (Å²) < 4.78 is 10.9. The summed E-state index contributed by atoms with van der Waals surface area (Å²) in [6.07, 6.45) is 7.00. The van der Waals surface area contributed by atoms with Crippen LogP contribution in [0.15, 0.2) is 23.8 Å². The number of aliphatic hydroxyl groups is 1. The van der Waals surface area contributed by atoms with Gasteiger partial charge in [0.05, 0.1) is 6.10 Å². The van der Waals surface area contributed by atoms with Crippen molar-refractivity contribution >= 4 is 23.5 Å². The average Bonchev–Trinajstić information content (AvgIpc) is 2.93. The zero-order chi connectivity index (χ0) is 24.3. The molecular weight excluding hydrogens is 424 g/mol. The van der Waals surface area contributed by atoms with Crippen LogP contribution in [0.2, 0.25) is 0 Å². The van der Waals surface area contributed by atoms with Crippen LogP contribution >= 0.6 is 0 Å². The third-order valence-electron chi connectivity index (χ3n) is 9.16. The number of esters is 2. The average molecular weight is 459 g/mol. The van der Waals surface area contributed by atoms with Gasteiger partial charge in [-0.1, -0.05) is 32.4 Å². The first kappa shape index (κ1) is 23.9. The van der Waals surface area contributed by atoms with E-state index in [4.69, 9.17) is 9.47 Å². The fourth-order valence-electron chi connectivity index (χ4n) is 8.01. The summed E-state index contributed by atoms with van der Waals surface area (Å²) >= 11 is 0. The molecule has 8 atom stereocenters. The van der Waals surface area contributed by atoms with E-state index in [1.165, 1.54) is 13.8 Å². The van der Waals surface area contributed by atoms with E-state index in [1.807, 2.05) is 19.9 Å². The Morgan fingerprint density at radius 1 is 1.18 bits per heavy atom. The number of ether oxygens (including phenoxy) is 2. The fraction of sp³-hybridized carbons (Fsp3) is 0.692. The van der Waals surface area contributed by atoms with E-state index in [0.717, 1.165) is 18.4 Å². The number of Topliss-reactive ketones (excluding diaryl/α,β-unsaturated/α-hetero) is 1. The van der Waals surface area contributed by atoms with Crippen molar-refractivity contribution in [3.8, 4) is 0 Å². The van der Waals surface area contributed by atoms with Gasteiger partial charge in [-0.2, -0.15) is 0 Å². The zero-order valence-corrected chi connectivity index (χ0v) is 20.1. The molecule has 0 spiro atoms. The quantitative estimate of drug-likeness (QED) is 0.646. The van der Waals surface area contributed by atoms with E-state index in [9.17, 15) is 24.3 Å². The molecule has 4 aliphatic rings. The topological polar surface area (TPSA) is 107 Å². The minimum Gasteiger partial charge on any atom is -0.458 e. The second-order valence-electron chi connectivity index (χ2n) is 10.9. The monoisotopic (exact) mass is 458 g/mol. The molecule has 0 saturated heterocycles. The Bertz CT molecular complexity index is 964. The van der Waals surface area contributed by atoms with Gasteiger partial charge in [0.2, 0.25) is 5.78 Å². The van der Waals surface area contributed by atoms with Crippen molar-refractivity contribution in [3.05, 3.63) is 23.8 Å². The highest BCUT2D eigenvalue weighted by Crippen LogP contribution is 2.69. The standard InChI is InChI=1S/C26H34O7/c1-14-10-20-19-7-6-17-11-18(29)8-9-24(17,4)23(19)21(30)12-25(20,5)26(14,33-16(3)28)22(31)13-32-15(2)27/h8-9,11,14,19-21,23,30H,6-7,10,12-13H2,1-5H3. The van der Waals surface area contributed by atoms with Gasteiger partial charge in [0, 0.05) is 36.5 Å². The summed E-state index contributed by atoms with van der Waals surface area (Å²) in [7, 11) is 0. The SMILES string of the molecule is CC(=O)OCC(=O)C1(OC(C)=O)C(C)CC2C3CCC4=CC(=O)C=CC4(C)C3C(O)CC21C. The number of hydrogen-bond donors (Lipinski definition) is 1. The largest absolute Gasteiger partial charge is 0.458 e. The van der Waals surface area contributed by atoms with Crippen LogP contribution in [0.4, 0.5) is 0 Å². The van der Waals surface area contributed by atoms with Crippen molar-refractivity contribution < 1.29 is 33.8 Å². The molecule has 0 radical (unpaired) electrons. The number of ketones is 2. The fourth-order valence-corrected chi connectivity index (χ4v) is 8.01. The Morgan fingerprint density at radius 3 is 2.52 bits per heavy atom. The van der Waals surface area contributed by atoms with Crippen LogP contribution in [0.1, 0.15) is 60.3 Å². The highest BCUT2D eigenvalue weighted by molar-refractivity contribution is 6.01. The number of rotatable bonds is 4. The summed E-state index contributed by atoms with van der Waals surface area (Å²) in [5, 5.41) is 11.6. The minimum atomic E-state index is -1.47. The molecule has 7 nitrogen and oxygen atoms in total.